The molecular formula is C17H21F3N2O2. The second kappa shape index (κ2) is 7.68. The molecule has 2 amide bonds. The van der Waals surface area contributed by atoms with Crippen LogP contribution in [0.15, 0.2) is 24.3 Å². The van der Waals surface area contributed by atoms with Gasteiger partial charge in [0.05, 0.1) is 5.56 Å². The van der Waals surface area contributed by atoms with E-state index in [0.717, 1.165) is 37.8 Å². The van der Waals surface area contributed by atoms with Crippen molar-refractivity contribution < 1.29 is 22.8 Å². The third kappa shape index (κ3) is 4.72. The van der Waals surface area contributed by atoms with Gasteiger partial charge in [0.2, 0.25) is 11.8 Å². The first-order valence-electron chi connectivity index (χ1n) is 8.08. The summed E-state index contributed by atoms with van der Waals surface area (Å²) in [5.74, 6) is -0.870. The number of benzene rings is 1. The van der Waals surface area contributed by atoms with Gasteiger partial charge in [0.15, 0.2) is 0 Å². The fourth-order valence-electron chi connectivity index (χ4n) is 2.97. The van der Waals surface area contributed by atoms with Crippen molar-refractivity contribution in [3.63, 3.8) is 0 Å². The largest absolute Gasteiger partial charge is 0.416 e. The predicted octanol–water partition coefficient (Wildman–Crippen LogP) is 3.83. The predicted molar refractivity (Wildman–Crippen MR) is 84.3 cm³/mol. The van der Waals surface area contributed by atoms with Crippen molar-refractivity contribution in [3.8, 4) is 0 Å². The molecule has 1 aromatic carbocycles. The van der Waals surface area contributed by atoms with Crippen LogP contribution in [0.2, 0.25) is 0 Å². The van der Waals surface area contributed by atoms with Crippen LogP contribution in [-0.4, -0.2) is 29.3 Å². The molecule has 24 heavy (non-hydrogen) atoms. The van der Waals surface area contributed by atoms with Gasteiger partial charge in [0, 0.05) is 18.3 Å². The molecule has 4 nitrogen and oxygen atoms in total. The number of anilines is 1. The molecule has 1 aliphatic rings. The lowest BCUT2D eigenvalue weighted by atomic mass is 9.99. The average Bonchev–Trinajstić information content (AvgIpc) is 2.54. The number of hydrogen-bond donors (Lipinski definition) is 1. The van der Waals surface area contributed by atoms with Gasteiger partial charge in [-0.2, -0.15) is 13.2 Å². The third-order valence-electron chi connectivity index (χ3n) is 4.20. The number of carbonyl (C=O) groups is 2. The first-order chi connectivity index (χ1) is 11.3. The summed E-state index contributed by atoms with van der Waals surface area (Å²) in [6.07, 6.45) is -1.08. The molecule has 0 bridgehead atoms. The number of amides is 2. The van der Waals surface area contributed by atoms with Crippen molar-refractivity contribution >= 4 is 17.5 Å². The zero-order valence-electron chi connectivity index (χ0n) is 13.5. The Balaban J connectivity index is 1.96. The summed E-state index contributed by atoms with van der Waals surface area (Å²) >= 11 is 0. The van der Waals surface area contributed by atoms with E-state index in [1.54, 1.807) is 4.90 Å². The summed E-state index contributed by atoms with van der Waals surface area (Å²) in [4.78, 5) is 26.0. The summed E-state index contributed by atoms with van der Waals surface area (Å²) in [7, 11) is 0. The zero-order chi connectivity index (χ0) is 17.7. The average molecular weight is 342 g/mol. The maximum atomic E-state index is 12.7. The van der Waals surface area contributed by atoms with Crippen LogP contribution in [0, 0.1) is 0 Å². The van der Waals surface area contributed by atoms with Crippen molar-refractivity contribution in [1.29, 1.82) is 0 Å². The van der Waals surface area contributed by atoms with Crippen LogP contribution in [0.4, 0.5) is 18.9 Å². The highest BCUT2D eigenvalue weighted by Crippen LogP contribution is 2.30. The van der Waals surface area contributed by atoms with E-state index in [2.05, 4.69) is 5.32 Å². The molecule has 0 spiro atoms. The Morgan fingerprint density at radius 1 is 1.29 bits per heavy atom. The molecule has 1 heterocycles. The van der Waals surface area contributed by atoms with E-state index in [9.17, 15) is 22.8 Å². The highest BCUT2D eigenvalue weighted by atomic mass is 19.4. The van der Waals surface area contributed by atoms with Gasteiger partial charge in [-0.3, -0.25) is 9.59 Å². The number of rotatable bonds is 4. The molecule has 1 atom stereocenters. The Morgan fingerprint density at radius 3 is 2.71 bits per heavy atom. The van der Waals surface area contributed by atoms with E-state index < -0.39 is 17.6 Å². The van der Waals surface area contributed by atoms with Gasteiger partial charge in [-0.05, 0) is 43.9 Å². The number of nitrogens with one attached hydrogen (secondary N) is 1. The normalized spacial score (nSPS) is 18.3. The first-order valence-corrected chi connectivity index (χ1v) is 8.08. The minimum Gasteiger partial charge on any atom is -0.339 e. The molecule has 7 heteroatoms. The van der Waals surface area contributed by atoms with Gasteiger partial charge >= 0.3 is 6.18 Å². The highest BCUT2D eigenvalue weighted by Gasteiger charge is 2.31. The first kappa shape index (κ1) is 18.3. The Morgan fingerprint density at radius 2 is 2.04 bits per heavy atom. The molecule has 0 saturated carbocycles. The Labute approximate surface area is 139 Å². The summed E-state index contributed by atoms with van der Waals surface area (Å²) in [6.45, 7) is 2.63. The lowest BCUT2D eigenvalue weighted by Gasteiger charge is -2.35. The standard InChI is InChI=1S/C17H21F3N2O2/c1-2-14-8-3-4-9-22(14)16(24)11-15(23)21-13-7-5-6-12(10-13)17(18,19)20/h5-7,10,14H,2-4,8-9,11H2,1H3,(H,21,23). The molecule has 0 aliphatic carbocycles. The van der Waals surface area contributed by atoms with E-state index in [0.29, 0.717) is 6.54 Å². The molecule has 0 aromatic heterocycles. The molecule has 2 rings (SSSR count). The molecule has 1 unspecified atom stereocenters. The molecule has 1 N–H and O–H groups in total. The van der Waals surface area contributed by atoms with E-state index in [1.807, 2.05) is 6.92 Å². The lowest BCUT2D eigenvalue weighted by molar-refractivity contribution is -0.139. The lowest BCUT2D eigenvalue weighted by Crippen LogP contribution is -2.44. The summed E-state index contributed by atoms with van der Waals surface area (Å²) < 4.78 is 38.0. The number of halogens is 3. The Hall–Kier alpha value is -2.05. The maximum absolute atomic E-state index is 12.7. The number of piperidine rings is 1. The molecular weight excluding hydrogens is 321 g/mol. The van der Waals surface area contributed by atoms with Crippen LogP contribution in [0.25, 0.3) is 0 Å². The molecule has 132 valence electrons. The van der Waals surface area contributed by atoms with Crippen molar-refractivity contribution in [2.45, 2.75) is 51.2 Å². The molecule has 0 radical (unpaired) electrons. The van der Waals surface area contributed by atoms with Crippen molar-refractivity contribution in [2.24, 2.45) is 0 Å². The number of alkyl halides is 3. The fraction of sp³-hybridized carbons (Fsp3) is 0.529. The molecule has 1 aromatic rings. The monoisotopic (exact) mass is 342 g/mol. The van der Waals surface area contributed by atoms with Gasteiger partial charge < -0.3 is 10.2 Å². The van der Waals surface area contributed by atoms with Gasteiger partial charge in [-0.15, -0.1) is 0 Å². The van der Waals surface area contributed by atoms with Crippen molar-refractivity contribution in [2.75, 3.05) is 11.9 Å². The Kier molecular flexibility index (Phi) is 5.85. The zero-order valence-corrected chi connectivity index (χ0v) is 13.5. The quantitative estimate of drug-likeness (QED) is 0.846. The number of nitrogens with zero attached hydrogens (tertiary/aromatic N) is 1. The minimum atomic E-state index is -4.47. The summed E-state index contributed by atoms with van der Waals surface area (Å²) in [5.41, 5.74) is -0.804. The van der Waals surface area contributed by atoms with E-state index >= 15 is 0 Å². The molecule has 1 aliphatic heterocycles. The highest BCUT2D eigenvalue weighted by molar-refractivity contribution is 6.03. The van der Waals surface area contributed by atoms with Gasteiger partial charge in [0.1, 0.15) is 6.42 Å². The van der Waals surface area contributed by atoms with Crippen LogP contribution in [0.3, 0.4) is 0 Å². The smallest absolute Gasteiger partial charge is 0.339 e. The van der Waals surface area contributed by atoms with E-state index in [1.165, 1.54) is 12.1 Å². The summed E-state index contributed by atoms with van der Waals surface area (Å²) in [6, 6.07) is 4.52. The van der Waals surface area contributed by atoms with Gasteiger partial charge in [-0.25, -0.2) is 0 Å². The van der Waals surface area contributed by atoms with Crippen LogP contribution in [0.1, 0.15) is 44.6 Å². The maximum Gasteiger partial charge on any atom is 0.416 e. The van der Waals surface area contributed by atoms with Crippen LogP contribution in [0.5, 0.6) is 0 Å². The number of hydrogen-bond acceptors (Lipinski definition) is 2. The number of likely N-dealkylation sites (tertiary alicyclic amines) is 1. The van der Waals surface area contributed by atoms with Gasteiger partial charge in [-0.1, -0.05) is 13.0 Å². The van der Waals surface area contributed by atoms with Crippen LogP contribution < -0.4 is 5.32 Å². The Bertz CT molecular complexity index is 602. The van der Waals surface area contributed by atoms with Crippen molar-refractivity contribution in [1.82, 2.24) is 4.90 Å². The molecule has 1 fully saturated rings. The third-order valence-corrected chi connectivity index (χ3v) is 4.20. The SMILES string of the molecule is CCC1CCCCN1C(=O)CC(=O)Nc1cccc(C(F)(F)F)c1. The van der Waals surface area contributed by atoms with Crippen LogP contribution >= 0.6 is 0 Å². The minimum absolute atomic E-state index is 0.0355. The van der Waals surface area contributed by atoms with Gasteiger partial charge in [0.25, 0.3) is 0 Å². The van der Waals surface area contributed by atoms with E-state index in [-0.39, 0.29) is 24.1 Å². The van der Waals surface area contributed by atoms with E-state index in [4.69, 9.17) is 0 Å². The number of carbonyl (C=O) groups excluding carboxylic acids is 2. The second-order valence-electron chi connectivity index (χ2n) is 5.95. The fourth-order valence-corrected chi connectivity index (χ4v) is 2.97. The second-order valence-corrected chi connectivity index (χ2v) is 5.95. The van der Waals surface area contributed by atoms with Crippen molar-refractivity contribution in [3.05, 3.63) is 29.8 Å². The molecule has 1 saturated heterocycles. The summed E-state index contributed by atoms with van der Waals surface area (Å²) in [5, 5.41) is 2.37. The van der Waals surface area contributed by atoms with Crippen LogP contribution in [-0.2, 0) is 15.8 Å². The topological polar surface area (TPSA) is 49.4 Å².